The van der Waals surface area contributed by atoms with Crippen molar-refractivity contribution in [3.63, 3.8) is 0 Å². The first kappa shape index (κ1) is 22.6. The Morgan fingerprint density at radius 3 is 2.39 bits per heavy atom. The highest BCUT2D eigenvalue weighted by Gasteiger charge is 2.26. The molecule has 0 spiro atoms. The minimum atomic E-state index is -0.0992. The average Bonchev–Trinajstić information content (AvgIpc) is 2.74. The molecule has 0 bridgehead atoms. The number of nitrogens with one attached hydrogen (secondary N) is 1. The van der Waals surface area contributed by atoms with Crippen LogP contribution in [-0.2, 0) is 0 Å². The van der Waals surface area contributed by atoms with Gasteiger partial charge in [-0.05, 0) is 73.9 Å². The van der Waals surface area contributed by atoms with E-state index >= 15 is 0 Å². The lowest BCUT2D eigenvalue weighted by Gasteiger charge is -2.32. The van der Waals surface area contributed by atoms with Gasteiger partial charge in [-0.1, -0.05) is 85.7 Å². The van der Waals surface area contributed by atoms with Crippen LogP contribution >= 0.6 is 0 Å². The fourth-order valence-electron chi connectivity index (χ4n) is 4.06. The third kappa shape index (κ3) is 6.42. The SMILES string of the molecule is CC1=C(/C=C/C(C)=C/C=C/c2ccc(C(=O)Nc3ccccc3)cc2)C(C)(C)CCC1. The van der Waals surface area contributed by atoms with Gasteiger partial charge in [0.25, 0.3) is 5.91 Å². The number of hydrogen-bond acceptors (Lipinski definition) is 1. The molecule has 3 rings (SSSR count). The molecule has 1 amide bonds. The van der Waals surface area contributed by atoms with E-state index in [0.717, 1.165) is 11.3 Å². The lowest BCUT2D eigenvalue weighted by Crippen LogP contribution is -2.19. The van der Waals surface area contributed by atoms with Crippen molar-refractivity contribution >= 4 is 17.7 Å². The number of hydrogen-bond donors (Lipinski definition) is 1. The second kappa shape index (κ2) is 10.3. The van der Waals surface area contributed by atoms with Crippen LogP contribution in [0.2, 0.25) is 0 Å². The summed E-state index contributed by atoms with van der Waals surface area (Å²) in [5.41, 5.74) is 7.01. The maximum Gasteiger partial charge on any atom is 0.255 e. The summed E-state index contributed by atoms with van der Waals surface area (Å²) in [5, 5.41) is 2.91. The first-order chi connectivity index (χ1) is 14.8. The lowest BCUT2D eigenvalue weighted by atomic mass is 9.72. The minimum Gasteiger partial charge on any atom is -0.322 e. The predicted molar refractivity (Wildman–Crippen MR) is 133 cm³/mol. The van der Waals surface area contributed by atoms with Gasteiger partial charge in [0.15, 0.2) is 0 Å². The quantitative estimate of drug-likeness (QED) is 0.480. The van der Waals surface area contributed by atoms with Crippen LogP contribution in [-0.4, -0.2) is 5.91 Å². The summed E-state index contributed by atoms with van der Waals surface area (Å²) in [7, 11) is 0. The summed E-state index contributed by atoms with van der Waals surface area (Å²) < 4.78 is 0. The molecule has 0 saturated carbocycles. The Hall–Kier alpha value is -3.13. The fraction of sp³-hybridized carbons (Fsp3) is 0.276. The zero-order valence-corrected chi connectivity index (χ0v) is 19.1. The second-order valence-corrected chi connectivity index (χ2v) is 8.98. The molecule has 0 saturated heterocycles. The van der Waals surface area contributed by atoms with E-state index in [2.05, 4.69) is 63.4 Å². The van der Waals surface area contributed by atoms with E-state index in [1.54, 1.807) is 0 Å². The van der Waals surface area contributed by atoms with Crippen LogP contribution in [0.3, 0.4) is 0 Å². The van der Waals surface area contributed by atoms with Crippen molar-refractivity contribution in [2.75, 3.05) is 5.32 Å². The molecule has 0 aliphatic heterocycles. The number of carbonyl (C=O) groups excluding carboxylic acids is 1. The van der Waals surface area contributed by atoms with Crippen molar-refractivity contribution in [3.8, 4) is 0 Å². The van der Waals surface area contributed by atoms with E-state index < -0.39 is 0 Å². The number of carbonyl (C=O) groups is 1. The van der Waals surface area contributed by atoms with Crippen LogP contribution in [0.5, 0.6) is 0 Å². The van der Waals surface area contributed by atoms with Crippen molar-refractivity contribution in [2.45, 2.75) is 47.0 Å². The van der Waals surface area contributed by atoms with Crippen molar-refractivity contribution in [1.29, 1.82) is 0 Å². The smallest absolute Gasteiger partial charge is 0.255 e. The highest BCUT2D eigenvalue weighted by atomic mass is 16.1. The summed E-state index contributed by atoms with van der Waals surface area (Å²) in [6.07, 6.45) is 14.5. The average molecular weight is 412 g/mol. The third-order valence-corrected chi connectivity index (χ3v) is 5.91. The molecule has 160 valence electrons. The van der Waals surface area contributed by atoms with Crippen molar-refractivity contribution in [2.24, 2.45) is 5.41 Å². The number of rotatable bonds is 6. The van der Waals surface area contributed by atoms with Gasteiger partial charge in [-0.2, -0.15) is 0 Å². The zero-order chi connectivity index (χ0) is 22.3. The van der Waals surface area contributed by atoms with Gasteiger partial charge in [0.05, 0.1) is 0 Å². The molecule has 0 unspecified atom stereocenters. The molecule has 0 fully saturated rings. The van der Waals surface area contributed by atoms with Gasteiger partial charge < -0.3 is 5.32 Å². The summed E-state index contributed by atoms with van der Waals surface area (Å²) in [6.45, 7) is 9.09. The lowest BCUT2D eigenvalue weighted by molar-refractivity contribution is 0.102. The molecule has 2 aromatic carbocycles. The third-order valence-electron chi connectivity index (χ3n) is 5.91. The Morgan fingerprint density at radius 1 is 1.00 bits per heavy atom. The molecular formula is C29H33NO. The Kier molecular flexibility index (Phi) is 7.46. The molecule has 0 heterocycles. The van der Waals surface area contributed by atoms with Crippen LogP contribution in [0, 0.1) is 5.41 Å². The fourth-order valence-corrected chi connectivity index (χ4v) is 4.06. The van der Waals surface area contributed by atoms with Crippen LogP contribution in [0.25, 0.3) is 6.08 Å². The van der Waals surface area contributed by atoms with E-state index in [4.69, 9.17) is 0 Å². The van der Waals surface area contributed by atoms with E-state index in [1.165, 1.54) is 36.0 Å². The Bertz CT molecular complexity index is 1020. The number of benzene rings is 2. The molecule has 31 heavy (non-hydrogen) atoms. The van der Waals surface area contributed by atoms with Gasteiger partial charge in [0.1, 0.15) is 0 Å². The van der Waals surface area contributed by atoms with Crippen molar-refractivity contribution in [1.82, 2.24) is 0 Å². The number of allylic oxidation sites excluding steroid dienone is 7. The summed E-state index contributed by atoms with van der Waals surface area (Å²) in [4.78, 5) is 12.3. The van der Waals surface area contributed by atoms with Gasteiger partial charge in [-0.15, -0.1) is 0 Å². The normalized spacial score (nSPS) is 16.8. The van der Waals surface area contributed by atoms with Crippen molar-refractivity contribution < 1.29 is 4.79 Å². The molecule has 1 N–H and O–H groups in total. The van der Waals surface area contributed by atoms with Crippen LogP contribution < -0.4 is 5.32 Å². The molecule has 0 aromatic heterocycles. The van der Waals surface area contributed by atoms with Crippen LogP contribution in [0.1, 0.15) is 62.9 Å². The number of para-hydroxylation sites is 1. The minimum absolute atomic E-state index is 0.0992. The second-order valence-electron chi connectivity index (χ2n) is 8.98. The molecule has 1 aliphatic carbocycles. The van der Waals surface area contributed by atoms with E-state index in [0.29, 0.717) is 5.56 Å². The Morgan fingerprint density at radius 2 is 1.71 bits per heavy atom. The summed E-state index contributed by atoms with van der Waals surface area (Å²) in [6, 6.07) is 17.1. The topological polar surface area (TPSA) is 29.1 Å². The van der Waals surface area contributed by atoms with Gasteiger partial charge in [-0.25, -0.2) is 0 Å². The van der Waals surface area contributed by atoms with Gasteiger partial charge in [0.2, 0.25) is 0 Å². The van der Waals surface area contributed by atoms with Crippen molar-refractivity contribution in [3.05, 3.63) is 107 Å². The molecule has 2 heteroatoms. The van der Waals surface area contributed by atoms with E-state index in [-0.39, 0.29) is 11.3 Å². The Balaban J connectivity index is 1.60. The largest absolute Gasteiger partial charge is 0.322 e. The van der Waals surface area contributed by atoms with Crippen LogP contribution in [0.4, 0.5) is 5.69 Å². The summed E-state index contributed by atoms with van der Waals surface area (Å²) in [5.74, 6) is -0.0992. The van der Waals surface area contributed by atoms with Gasteiger partial charge in [0, 0.05) is 11.3 Å². The molecule has 0 radical (unpaired) electrons. The highest BCUT2D eigenvalue weighted by Crippen LogP contribution is 2.40. The molecule has 1 aliphatic rings. The monoisotopic (exact) mass is 411 g/mol. The zero-order valence-electron chi connectivity index (χ0n) is 19.1. The maximum absolute atomic E-state index is 12.3. The van der Waals surface area contributed by atoms with E-state index in [1.807, 2.05) is 54.6 Å². The molecule has 0 atom stereocenters. The predicted octanol–water partition coefficient (Wildman–Crippen LogP) is 7.98. The molecule has 2 nitrogen and oxygen atoms in total. The first-order valence-electron chi connectivity index (χ1n) is 11.0. The van der Waals surface area contributed by atoms with Crippen LogP contribution in [0.15, 0.2) is 95.6 Å². The Labute approximate surface area is 187 Å². The van der Waals surface area contributed by atoms with Gasteiger partial charge >= 0.3 is 0 Å². The van der Waals surface area contributed by atoms with Gasteiger partial charge in [-0.3, -0.25) is 4.79 Å². The summed E-state index contributed by atoms with van der Waals surface area (Å²) >= 11 is 0. The first-order valence-corrected chi connectivity index (χ1v) is 11.0. The standard InChI is InChI=1S/C29H33NO/c1-22(15-20-27-23(2)11-9-21-29(27,3)4)10-8-12-24-16-18-25(19-17-24)28(31)30-26-13-6-5-7-14-26/h5-8,10,12-20H,9,11,21H2,1-4H3,(H,30,31)/b12-8+,20-15+,22-10+. The maximum atomic E-state index is 12.3. The highest BCUT2D eigenvalue weighted by molar-refractivity contribution is 6.04. The number of amides is 1. The number of anilines is 1. The molecular weight excluding hydrogens is 378 g/mol. The van der Waals surface area contributed by atoms with E-state index in [9.17, 15) is 4.79 Å². The molecule has 2 aromatic rings.